The van der Waals surface area contributed by atoms with Crippen LogP contribution in [0.25, 0.3) is 0 Å². The summed E-state index contributed by atoms with van der Waals surface area (Å²) in [6.45, 7) is 1.60. The average molecular weight is 334 g/mol. The molecule has 6 atom stereocenters. The fraction of sp³-hybridized carbons (Fsp3) is 0.875. The van der Waals surface area contributed by atoms with Gasteiger partial charge in [-0.05, 0) is 44.4 Å². The third-order valence-electron chi connectivity index (χ3n) is 6.08. The molecule has 0 N–H and O–H groups in total. The number of esters is 1. The molecule has 23 heavy (non-hydrogen) atoms. The van der Waals surface area contributed by atoms with Crippen molar-refractivity contribution in [2.24, 2.45) is 29.1 Å². The Balaban J connectivity index is 1.56. The molecule has 130 valence electrons. The van der Waals surface area contributed by atoms with Gasteiger partial charge in [0.25, 0.3) is 0 Å². The van der Waals surface area contributed by atoms with Gasteiger partial charge in [-0.25, -0.2) is 0 Å². The maximum absolute atomic E-state index is 13.0. The zero-order chi connectivity index (χ0) is 17.0. The van der Waals surface area contributed by atoms with Crippen LogP contribution in [0, 0.1) is 29.1 Å². The zero-order valence-corrected chi connectivity index (χ0v) is 13.2. The Hall–Kier alpha value is -1.11. The average Bonchev–Trinajstić information content (AvgIpc) is 2.89. The van der Waals surface area contributed by atoms with Gasteiger partial charge >= 0.3 is 12.1 Å². The van der Waals surface area contributed by atoms with E-state index in [-0.39, 0.29) is 29.6 Å². The molecular formula is C16H21F3O4. The van der Waals surface area contributed by atoms with Crippen molar-refractivity contribution in [1.29, 1.82) is 0 Å². The predicted octanol–water partition coefficient (Wildman–Crippen LogP) is 3.10. The van der Waals surface area contributed by atoms with Gasteiger partial charge in [-0.1, -0.05) is 6.92 Å². The highest BCUT2D eigenvalue weighted by atomic mass is 19.4. The quantitative estimate of drug-likeness (QED) is 0.573. The number of carbonyl (C=O) groups excluding carboxylic acids is 2. The Labute approximate surface area is 132 Å². The molecule has 0 radical (unpaired) electrons. The first-order valence-electron chi connectivity index (χ1n) is 8.08. The summed E-state index contributed by atoms with van der Waals surface area (Å²) in [4.78, 5) is 23.9. The van der Waals surface area contributed by atoms with Gasteiger partial charge in [0.2, 0.25) is 0 Å². The number of Topliss-reactive ketones (excluding diaryl/α,β-unsaturated/α-hetero) is 1. The molecule has 0 heterocycles. The van der Waals surface area contributed by atoms with Crippen molar-refractivity contribution in [1.82, 2.24) is 0 Å². The standard InChI is InChI=1S/C16H21F3O4/c1-3-15(2,16(17,18)19)14(21)23-7-22-13-10-5-8-4-9(10)12(20)11(13)6-8/h8-11,13H,3-7H2,1-2H3. The van der Waals surface area contributed by atoms with Crippen molar-refractivity contribution < 1.29 is 32.2 Å². The molecule has 4 fully saturated rings. The van der Waals surface area contributed by atoms with Gasteiger partial charge in [0.15, 0.2) is 12.2 Å². The normalized spacial score (nSPS) is 38.0. The summed E-state index contributed by atoms with van der Waals surface area (Å²) >= 11 is 0. The van der Waals surface area contributed by atoms with Crippen LogP contribution in [0.1, 0.15) is 39.5 Å². The molecule has 0 aliphatic heterocycles. The van der Waals surface area contributed by atoms with E-state index >= 15 is 0 Å². The smallest absolute Gasteiger partial charge is 0.404 e. The molecule has 0 spiro atoms. The fourth-order valence-corrected chi connectivity index (χ4v) is 4.43. The first-order valence-corrected chi connectivity index (χ1v) is 8.08. The van der Waals surface area contributed by atoms with Gasteiger partial charge < -0.3 is 9.47 Å². The predicted molar refractivity (Wildman–Crippen MR) is 73.1 cm³/mol. The van der Waals surface area contributed by atoms with E-state index in [4.69, 9.17) is 9.47 Å². The lowest BCUT2D eigenvalue weighted by Crippen LogP contribution is -2.43. The number of hydrogen-bond acceptors (Lipinski definition) is 4. The monoisotopic (exact) mass is 334 g/mol. The highest BCUT2D eigenvalue weighted by Crippen LogP contribution is 2.57. The van der Waals surface area contributed by atoms with Gasteiger partial charge in [-0.15, -0.1) is 0 Å². The Bertz CT molecular complexity index is 518. The Morgan fingerprint density at radius 2 is 1.87 bits per heavy atom. The number of ketones is 1. The third kappa shape index (κ3) is 2.47. The van der Waals surface area contributed by atoms with Crippen molar-refractivity contribution in [3.8, 4) is 0 Å². The molecule has 0 saturated heterocycles. The summed E-state index contributed by atoms with van der Waals surface area (Å²) in [7, 11) is 0. The van der Waals surface area contributed by atoms with Crippen LogP contribution >= 0.6 is 0 Å². The topological polar surface area (TPSA) is 52.6 Å². The first-order chi connectivity index (χ1) is 10.7. The summed E-state index contributed by atoms with van der Waals surface area (Å²) in [5, 5.41) is 0. The van der Waals surface area contributed by atoms with E-state index in [0.29, 0.717) is 5.92 Å². The van der Waals surface area contributed by atoms with Crippen LogP contribution in [-0.2, 0) is 19.1 Å². The van der Waals surface area contributed by atoms with Crippen LogP contribution in [-0.4, -0.2) is 30.8 Å². The number of rotatable bonds is 5. The lowest BCUT2D eigenvalue weighted by molar-refractivity contribution is -0.238. The molecule has 4 aliphatic carbocycles. The minimum atomic E-state index is -4.67. The highest BCUT2D eigenvalue weighted by Gasteiger charge is 2.60. The van der Waals surface area contributed by atoms with Crippen LogP contribution in [0.2, 0.25) is 0 Å². The molecule has 0 amide bonds. The Kier molecular flexibility index (Phi) is 3.98. The van der Waals surface area contributed by atoms with Crippen LogP contribution in [0.3, 0.4) is 0 Å². The molecule has 0 aromatic heterocycles. The van der Waals surface area contributed by atoms with Crippen molar-refractivity contribution in [2.45, 2.75) is 51.8 Å². The molecule has 0 aromatic carbocycles. The molecule has 4 saturated carbocycles. The van der Waals surface area contributed by atoms with Gasteiger partial charge in [0.05, 0.1) is 6.10 Å². The number of halogens is 3. The maximum Gasteiger partial charge on any atom is 0.404 e. The second-order valence-electron chi connectivity index (χ2n) is 7.22. The van der Waals surface area contributed by atoms with E-state index in [1.165, 1.54) is 6.92 Å². The summed E-state index contributed by atoms with van der Waals surface area (Å²) in [6.07, 6.45) is -2.74. The minimum absolute atomic E-state index is 0.0375. The Morgan fingerprint density at radius 1 is 1.22 bits per heavy atom. The summed E-state index contributed by atoms with van der Waals surface area (Å²) < 4.78 is 49.3. The lowest BCUT2D eigenvalue weighted by Gasteiger charge is -2.32. The number of hydrogen-bond donors (Lipinski definition) is 0. The van der Waals surface area contributed by atoms with Crippen LogP contribution in [0.4, 0.5) is 13.2 Å². The molecule has 4 rings (SSSR count). The van der Waals surface area contributed by atoms with E-state index in [1.807, 2.05) is 0 Å². The van der Waals surface area contributed by atoms with Gasteiger partial charge in [-0.3, -0.25) is 9.59 Å². The SMILES string of the molecule is CCC(C)(C(=O)OCOC1C2CC3CC(C2=O)C1C3)C(F)(F)F. The van der Waals surface area contributed by atoms with Crippen LogP contribution in [0.5, 0.6) is 0 Å². The summed E-state index contributed by atoms with van der Waals surface area (Å²) in [5.41, 5.74) is -2.53. The summed E-state index contributed by atoms with van der Waals surface area (Å²) in [6, 6.07) is 0. The highest BCUT2D eigenvalue weighted by molar-refractivity contribution is 5.88. The molecule has 4 aliphatic rings. The number of alkyl halides is 3. The lowest BCUT2D eigenvalue weighted by atomic mass is 9.80. The maximum atomic E-state index is 13.0. The van der Waals surface area contributed by atoms with E-state index < -0.39 is 30.8 Å². The van der Waals surface area contributed by atoms with Crippen molar-refractivity contribution >= 4 is 11.8 Å². The van der Waals surface area contributed by atoms with Crippen molar-refractivity contribution in [3.63, 3.8) is 0 Å². The number of carbonyl (C=O) groups is 2. The minimum Gasteiger partial charge on any atom is -0.438 e. The van der Waals surface area contributed by atoms with E-state index in [9.17, 15) is 22.8 Å². The van der Waals surface area contributed by atoms with Gasteiger partial charge in [0.1, 0.15) is 5.78 Å². The van der Waals surface area contributed by atoms with Crippen LogP contribution in [0.15, 0.2) is 0 Å². The van der Waals surface area contributed by atoms with E-state index in [2.05, 4.69) is 0 Å². The molecule has 0 aromatic rings. The molecule has 4 bridgehead atoms. The third-order valence-corrected chi connectivity index (χ3v) is 6.08. The first kappa shape index (κ1) is 16.7. The van der Waals surface area contributed by atoms with Crippen molar-refractivity contribution in [2.75, 3.05) is 6.79 Å². The molecular weight excluding hydrogens is 313 g/mol. The van der Waals surface area contributed by atoms with Crippen LogP contribution < -0.4 is 0 Å². The molecule has 7 heteroatoms. The van der Waals surface area contributed by atoms with Gasteiger partial charge in [0, 0.05) is 11.8 Å². The Morgan fingerprint density at radius 3 is 2.43 bits per heavy atom. The summed E-state index contributed by atoms with van der Waals surface area (Å²) in [5.74, 6) is -0.527. The number of ether oxygens (including phenoxy) is 2. The largest absolute Gasteiger partial charge is 0.438 e. The fourth-order valence-electron chi connectivity index (χ4n) is 4.43. The van der Waals surface area contributed by atoms with E-state index in [1.54, 1.807) is 0 Å². The van der Waals surface area contributed by atoms with Gasteiger partial charge in [-0.2, -0.15) is 13.2 Å². The zero-order valence-electron chi connectivity index (χ0n) is 13.2. The van der Waals surface area contributed by atoms with Crippen molar-refractivity contribution in [3.05, 3.63) is 0 Å². The second kappa shape index (κ2) is 5.46. The molecule has 4 nitrogen and oxygen atoms in total. The molecule has 6 unspecified atom stereocenters. The van der Waals surface area contributed by atoms with E-state index in [0.717, 1.165) is 26.2 Å². The second-order valence-corrected chi connectivity index (χ2v) is 7.22.